The van der Waals surface area contributed by atoms with E-state index in [4.69, 9.17) is 4.42 Å². The first-order valence-corrected chi connectivity index (χ1v) is 8.19. The van der Waals surface area contributed by atoms with Crippen molar-refractivity contribution < 1.29 is 14.0 Å². The summed E-state index contributed by atoms with van der Waals surface area (Å²) >= 11 is 3.43. The van der Waals surface area contributed by atoms with E-state index >= 15 is 0 Å². The molecular weight excluding hydrogens is 360 g/mol. The van der Waals surface area contributed by atoms with Gasteiger partial charge in [-0.3, -0.25) is 9.59 Å². The molecule has 1 aromatic heterocycles. The second-order valence-electron chi connectivity index (χ2n) is 5.78. The Hall–Kier alpha value is -2.08. The SMILES string of the molecule is Cc1ccc(NC(=O)C2(C(=O)NCc3ccco3)CC2)c(Br)c1. The number of amides is 2. The van der Waals surface area contributed by atoms with Gasteiger partial charge in [0.1, 0.15) is 11.2 Å². The van der Waals surface area contributed by atoms with Crippen LogP contribution in [0, 0.1) is 12.3 Å². The van der Waals surface area contributed by atoms with E-state index in [2.05, 4.69) is 26.6 Å². The van der Waals surface area contributed by atoms with Crippen LogP contribution in [0.2, 0.25) is 0 Å². The molecule has 1 fully saturated rings. The first-order valence-electron chi connectivity index (χ1n) is 7.39. The molecule has 2 aromatic rings. The molecule has 23 heavy (non-hydrogen) atoms. The number of furan rings is 1. The lowest BCUT2D eigenvalue weighted by atomic mass is 10.0. The number of nitrogens with one attached hydrogen (secondary N) is 2. The highest BCUT2D eigenvalue weighted by Crippen LogP contribution is 2.47. The third-order valence-electron chi connectivity index (χ3n) is 4.00. The molecule has 120 valence electrons. The summed E-state index contributed by atoms with van der Waals surface area (Å²) < 4.78 is 5.98. The van der Waals surface area contributed by atoms with Gasteiger partial charge in [0, 0.05) is 4.47 Å². The van der Waals surface area contributed by atoms with Crippen LogP contribution in [0.1, 0.15) is 24.2 Å². The predicted octanol–water partition coefficient (Wildman–Crippen LogP) is 3.39. The van der Waals surface area contributed by atoms with Gasteiger partial charge in [0.25, 0.3) is 0 Å². The van der Waals surface area contributed by atoms with Crippen molar-refractivity contribution in [1.82, 2.24) is 5.32 Å². The number of hydrogen-bond donors (Lipinski definition) is 2. The first kappa shape index (κ1) is 15.8. The Balaban J connectivity index is 1.64. The van der Waals surface area contributed by atoms with Crippen LogP contribution < -0.4 is 10.6 Å². The number of benzene rings is 1. The van der Waals surface area contributed by atoms with Gasteiger partial charge >= 0.3 is 0 Å². The predicted molar refractivity (Wildman–Crippen MR) is 89.7 cm³/mol. The Morgan fingerprint density at radius 3 is 2.65 bits per heavy atom. The zero-order valence-corrected chi connectivity index (χ0v) is 14.3. The zero-order chi connectivity index (χ0) is 16.4. The molecule has 2 N–H and O–H groups in total. The highest BCUT2D eigenvalue weighted by atomic mass is 79.9. The molecule has 1 aromatic carbocycles. The molecule has 0 bridgehead atoms. The summed E-state index contributed by atoms with van der Waals surface area (Å²) in [6, 6.07) is 9.20. The fourth-order valence-corrected chi connectivity index (χ4v) is 2.99. The number of anilines is 1. The molecule has 2 amide bonds. The first-order chi connectivity index (χ1) is 11.0. The Bertz CT molecular complexity index is 736. The average Bonchev–Trinajstić information content (AvgIpc) is 3.17. The van der Waals surface area contributed by atoms with Crippen LogP contribution in [-0.2, 0) is 16.1 Å². The summed E-state index contributed by atoms with van der Waals surface area (Å²) in [5.74, 6) is 0.143. The maximum Gasteiger partial charge on any atom is 0.240 e. The van der Waals surface area contributed by atoms with Crippen molar-refractivity contribution in [3.63, 3.8) is 0 Å². The Kier molecular flexibility index (Phi) is 4.26. The number of aryl methyl sites for hydroxylation is 1. The fraction of sp³-hybridized carbons (Fsp3) is 0.294. The maximum absolute atomic E-state index is 12.5. The molecule has 6 heteroatoms. The molecule has 0 atom stereocenters. The average molecular weight is 377 g/mol. The zero-order valence-electron chi connectivity index (χ0n) is 12.7. The lowest BCUT2D eigenvalue weighted by Gasteiger charge is -2.16. The highest BCUT2D eigenvalue weighted by Gasteiger charge is 2.56. The van der Waals surface area contributed by atoms with E-state index in [1.807, 2.05) is 25.1 Å². The summed E-state index contributed by atoms with van der Waals surface area (Å²) in [6.45, 7) is 2.26. The van der Waals surface area contributed by atoms with Crippen molar-refractivity contribution in [3.05, 3.63) is 52.4 Å². The molecule has 0 aliphatic heterocycles. The summed E-state index contributed by atoms with van der Waals surface area (Å²) in [6.07, 6.45) is 2.68. The second-order valence-corrected chi connectivity index (χ2v) is 6.64. The summed E-state index contributed by atoms with van der Waals surface area (Å²) in [5.41, 5.74) is 0.801. The van der Waals surface area contributed by atoms with Crippen LogP contribution in [0.5, 0.6) is 0 Å². The van der Waals surface area contributed by atoms with Crippen LogP contribution in [0.25, 0.3) is 0 Å². The minimum atomic E-state index is -0.961. The summed E-state index contributed by atoms with van der Waals surface area (Å²) in [5, 5.41) is 5.62. The van der Waals surface area contributed by atoms with Crippen molar-refractivity contribution in [3.8, 4) is 0 Å². The third kappa shape index (κ3) is 3.32. The highest BCUT2D eigenvalue weighted by molar-refractivity contribution is 9.10. The largest absolute Gasteiger partial charge is 0.467 e. The van der Waals surface area contributed by atoms with E-state index in [0.717, 1.165) is 10.0 Å². The normalized spacial score (nSPS) is 15.0. The lowest BCUT2D eigenvalue weighted by Crippen LogP contribution is -2.39. The number of carbonyl (C=O) groups excluding carboxylic acids is 2. The molecule has 0 spiro atoms. The van der Waals surface area contributed by atoms with Crippen molar-refractivity contribution in [2.24, 2.45) is 5.41 Å². The minimum absolute atomic E-state index is 0.255. The molecular formula is C17H17BrN2O3. The molecule has 1 aliphatic rings. The van der Waals surface area contributed by atoms with Crippen molar-refractivity contribution in [2.75, 3.05) is 5.32 Å². The standard InChI is InChI=1S/C17H17BrN2O3/c1-11-4-5-14(13(18)9-11)20-16(22)17(6-7-17)15(21)19-10-12-3-2-8-23-12/h2-5,8-9H,6-7,10H2,1H3,(H,19,21)(H,20,22). The smallest absolute Gasteiger partial charge is 0.240 e. The Morgan fingerprint density at radius 1 is 1.26 bits per heavy atom. The van der Waals surface area contributed by atoms with E-state index in [-0.39, 0.29) is 18.4 Å². The van der Waals surface area contributed by atoms with Crippen molar-refractivity contribution in [2.45, 2.75) is 26.3 Å². The molecule has 0 unspecified atom stereocenters. The Labute approximate surface area is 142 Å². The van der Waals surface area contributed by atoms with Crippen LogP contribution in [0.4, 0.5) is 5.69 Å². The molecule has 5 nitrogen and oxygen atoms in total. The van der Waals surface area contributed by atoms with Crippen LogP contribution in [0.3, 0.4) is 0 Å². The number of hydrogen-bond acceptors (Lipinski definition) is 3. The van der Waals surface area contributed by atoms with Gasteiger partial charge in [-0.15, -0.1) is 0 Å². The van der Waals surface area contributed by atoms with Gasteiger partial charge < -0.3 is 15.1 Å². The van der Waals surface area contributed by atoms with Gasteiger partial charge in [0.15, 0.2) is 0 Å². The monoisotopic (exact) mass is 376 g/mol. The number of halogens is 1. The topological polar surface area (TPSA) is 71.3 Å². The van der Waals surface area contributed by atoms with Gasteiger partial charge in [-0.1, -0.05) is 6.07 Å². The molecule has 0 saturated heterocycles. The van der Waals surface area contributed by atoms with Crippen LogP contribution in [0.15, 0.2) is 45.5 Å². The summed E-state index contributed by atoms with van der Waals surface area (Å²) in [4.78, 5) is 24.9. The van der Waals surface area contributed by atoms with Gasteiger partial charge in [0.05, 0.1) is 18.5 Å². The van der Waals surface area contributed by atoms with Crippen LogP contribution >= 0.6 is 15.9 Å². The van der Waals surface area contributed by atoms with Crippen molar-refractivity contribution >= 4 is 33.4 Å². The van der Waals surface area contributed by atoms with Gasteiger partial charge in [-0.2, -0.15) is 0 Å². The third-order valence-corrected chi connectivity index (χ3v) is 4.65. The van der Waals surface area contributed by atoms with Crippen molar-refractivity contribution in [1.29, 1.82) is 0 Å². The van der Waals surface area contributed by atoms with Gasteiger partial charge in [0.2, 0.25) is 11.8 Å². The molecule has 1 heterocycles. The Morgan fingerprint density at radius 2 is 2.04 bits per heavy atom. The molecule has 3 rings (SSSR count). The quantitative estimate of drug-likeness (QED) is 0.785. The van der Waals surface area contributed by atoms with E-state index in [9.17, 15) is 9.59 Å². The number of rotatable bonds is 5. The summed E-state index contributed by atoms with van der Waals surface area (Å²) in [7, 11) is 0. The van der Waals surface area contributed by atoms with E-state index < -0.39 is 5.41 Å². The minimum Gasteiger partial charge on any atom is -0.467 e. The molecule has 1 aliphatic carbocycles. The fourth-order valence-electron chi connectivity index (χ4n) is 2.40. The van der Waals surface area contributed by atoms with Gasteiger partial charge in [-0.25, -0.2) is 0 Å². The maximum atomic E-state index is 12.5. The lowest BCUT2D eigenvalue weighted by molar-refractivity contribution is -0.134. The molecule has 0 radical (unpaired) electrons. The number of carbonyl (C=O) groups is 2. The van der Waals surface area contributed by atoms with E-state index in [0.29, 0.717) is 24.3 Å². The molecule has 1 saturated carbocycles. The van der Waals surface area contributed by atoms with Crippen LogP contribution in [-0.4, -0.2) is 11.8 Å². The second kappa shape index (κ2) is 6.20. The van der Waals surface area contributed by atoms with Gasteiger partial charge in [-0.05, 0) is 65.5 Å². The van der Waals surface area contributed by atoms with E-state index in [1.54, 1.807) is 18.4 Å². The van der Waals surface area contributed by atoms with E-state index in [1.165, 1.54) is 0 Å².